The zero-order valence-corrected chi connectivity index (χ0v) is 7.10. The summed E-state index contributed by atoms with van der Waals surface area (Å²) >= 11 is 0. The minimum atomic E-state index is 0. The lowest BCUT2D eigenvalue weighted by Gasteiger charge is -2.00. The summed E-state index contributed by atoms with van der Waals surface area (Å²) in [5, 5.41) is 10.9. The molecule has 62 valence electrons. The Bertz CT molecular complexity index is 240. The van der Waals surface area contributed by atoms with Gasteiger partial charge < -0.3 is 10.9 Å². The Kier molecular flexibility index (Phi) is 3.85. The van der Waals surface area contributed by atoms with Crippen molar-refractivity contribution in [2.24, 2.45) is 5.73 Å². The molecule has 1 aromatic heterocycles. The SMILES string of the molecule is Cc1ccc(CN)c[n+]1[O-].Cl. The average Bonchev–Trinajstić information content (AvgIpc) is 1.95. The van der Waals surface area contributed by atoms with Crippen LogP contribution in [0.25, 0.3) is 0 Å². The molecule has 2 N–H and O–H groups in total. The highest BCUT2D eigenvalue weighted by Gasteiger charge is 1.97. The van der Waals surface area contributed by atoms with Gasteiger partial charge in [-0.15, -0.1) is 12.4 Å². The molecule has 0 unspecified atom stereocenters. The van der Waals surface area contributed by atoms with Crippen LogP contribution in [0.4, 0.5) is 0 Å². The lowest BCUT2D eigenvalue weighted by Crippen LogP contribution is -2.30. The molecule has 3 nitrogen and oxygen atoms in total. The smallest absolute Gasteiger partial charge is 0.189 e. The summed E-state index contributed by atoms with van der Waals surface area (Å²) in [5.74, 6) is 0. The number of pyridine rings is 1. The van der Waals surface area contributed by atoms with E-state index in [2.05, 4.69) is 0 Å². The van der Waals surface area contributed by atoms with Crippen LogP contribution in [-0.4, -0.2) is 0 Å². The lowest BCUT2D eigenvalue weighted by molar-refractivity contribution is -0.612. The molecule has 0 aliphatic carbocycles. The van der Waals surface area contributed by atoms with Crippen molar-refractivity contribution in [3.8, 4) is 0 Å². The highest BCUT2D eigenvalue weighted by Crippen LogP contribution is 1.94. The summed E-state index contributed by atoms with van der Waals surface area (Å²) in [6.07, 6.45) is 1.50. The van der Waals surface area contributed by atoms with E-state index in [4.69, 9.17) is 5.73 Å². The maximum absolute atomic E-state index is 10.9. The van der Waals surface area contributed by atoms with Crippen LogP contribution >= 0.6 is 12.4 Å². The molecule has 11 heavy (non-hydrogen) atoms. The predicted molar refractivity (Wildman–Crippen MR) is 45.3 cm³/mol. The average molecular weight is 175 g/mol. The molecule has 0 saturated carbocycles. The highest BCUT2D eigenvalue weighted by atomic mass is 35.5. The summed E-state index contributed by atoms with van der Waals surface area (Å²) < 4.78 is 0.822. The zero-order chi connectivity index (χ0) is 7.56. The van der Waals surface area contributed by atoms with E-state index in [0.717, 1.165) is 10.3 Å². The molecule has 4 heteroatoms. The van der Waals surface area contributed by atoms with Crippen molar-refractivity contribution in [2.45, 2.75) is 13.5 Å². The molecular formula is C7H11ClN2O. The quantitative estimate of drug-likeness (QED) is 0.498. The molecule has 0 saturated heterocycles. The fourth-order valence-corrected chi connectivity index (χ4v) is 0.717. The third-order valence-electron chi connectivity index (χ3n) is 1.41. The Labute approximate surface area is 71.8 Å². The fraction of sp³-hybridized carbons (Fsp3) is 0.286. The number of hydrogen-bond acceptors (Lipinski definition) is 2. The monoisotopic (exact) mass is 174 g/mol. The molecule has 0 fully saturated rings. The van der Waals surface area contributed by atoms with Crippen LogP contribution in [0.15, 0.2) is 18.3 Å². The van der Waals surface area contributed by atoms with Crippen LogP contribution in [-0.2, 0) is 6.54 Å². The van der Waals surface area contributed by atoms with E-state index in [1.807, 2.05) is 6.07 Å². The van der Waals surface area contributed by atoms with Crippen molar-refractivity contribution >= 4 is 12.4 Å². The van der Waals surface area contributed by atoms with E-state index in [9.17, 15) is 5.21 Å². The summed E-state index contributed by atoms with van der Waals surface area (Å²) in [5.41, 5.74) is 6.87. The van der Waals surface area contributed by atoms with Gasteiger partial charge in [0.2, 0.25) is 0 Å². The predicted octanol–water partition coefficient (Wildman–Crippen LogP) is 0.509. The maximum atomic E-state index is 10.9. The van der Waals surface area contributed by atoms with Gasteiger partial charge in [0.05, 0.1) is 0 Å². The number of nitrogens with two attached hydrogens (primary N) is 1. The second-order valence-electron chi connectivity index (χ2n) is 2.21. The molecule has 1 aromatic rings. The molecule has 0 bridgehead atoms. The zero-order valence-electron chi connectivity index (χ0n) is 6.28. The first-order valence-electron chi connectivity index (χ1n) is 3.13. The minimum Gasteiger partial charge on any atom is -0.619 e. The number of aryl methyl sites for hydroxylation is 1. The molecule has 0 amide bonds. The second-order valence-corrected chi connectivity index (χ2v) is 2.21. The summed E-state index contributed by atoms with van der Waals surface area (Å²) in [4.78, 5) is 0. The Morgan fingerprint density at radius 1 is 1.55 bits per heavy atom. The third kappa shape index (κ3) is 2.37. The van der Waals surface area contributed by atoms with Crippen molar-refractivity contribution in [2.75, 3.05) is 0 Å². The highest BCUT2D eigenvalue weighted by molar-refractivity contribution is 5.85. The molecule has 0 aliphatic rings. The molecule has 0 aromatic carbocycles. The molecule has 0 atom stereocenters. The van der Waals surface area contributed by atoms with Gasteiger partial charge in [0.1, 0.15) is 0 Å². The van der Waals surface area contributed by atoms with Gasteiger partial charge in [-0.1, -0.05) is 0 Å². The van der Waals surface area contributed by atoms with Gasteiger partial charge in [-0.05, 0) is 6.07 Å². The van der Waals surface area contributed by atoms with Crippen molar-refractivity contribution in [3.63, 3.8) is 0 Å². The first-order valence-corrected chi connectivity index (χ1v) is 3.13. The van der Waals surface area contributed by atoms with Gasteiger partial charge in [-0.2, -0.15) is 4.73 Å². The van der Waals surface area contributed by atoms with Crippen LogP contribution < -0.4 is 10.5 Å². The van der Waals surface area contributed by atoms with Crippen LogP contribution in [0.1, 0.15) is 11.3 Å². The normalized spacial score (nSPS) is 8.91. The van der Waals surface area contributed by atoms with E-state index < -0.39 is 0 Å². The second kappa shape index (κ2) is 4.16. The molecule has 1 rings (SSSR count). The number of rotatable bonds is 1. The van der Waals surface area contributed by atoms with Gasteiger partial charge in [-0.3, -0.25) is 0 Å². The largest absolute Gasteiger partial charge is 0.619 e. The Hall–Kier alpha value is -0.800. The maximum Gasteiger partial charge on any atom is 0.189 e. The van der Waals surface area contributed by atoms with Crippen LogP contribution in [0, 0.1) is 12.1 Å². The lowest BCUT2D eigenvalue weighted by atomic mass is 10.2. The summed E-state index contributed by atoms with van der Waals surface area (Å²) in [7, 11) is 0. The standard InChI is InChI=1S/C7H10N2O.ClH/c1-6-2-3-7(4-8)5-9(6)10;/h2-3,5H,4,8H2,1H3;1H. The minimum absolute atomic E-state index is 0. The number of hydrogen-bond donors (Lipinski definition) is 1. The van der Waals surface area contributed by atoms with Crippen molar-refractivity contribution < 1.29 is 4.73 Å². The first-order chi connectivity index (χ1) is 4.74. The van der Waals surface area contributed by atoms with Crippen molar-refractivity contribution in [1.82, 2.24) is 0 Å². The van der Waals surface area contributed by atoms with Crippen molar-refractivity contribution in [1.29, 1.82) is 0 Å². The Morgan fingerprint density at radius 3 is 2.64 bits per heavy atom. The fourth-order valence-electron chi connectivity index (χ4n) is 0.717. The van der Waals surface area contributed by atoms with Crippen LogP contribution in [0.2, 0.25) is 0 Å². The summed E-state index contributed by atoms with van der Waals surface area (Å²) in [6, 6.07) is 3.61. The number of aromatic nitrogens is 1. The molecular weight excluding hydrogens is 164 g/mol. The topological polar surface area (TPSA) is 53.0 Å². The summed E-state index contributed by atoms with van der Waals surface area (Å²) in [6.45, 7) is 2.18. The van der Waals surface area contributed by atoms with Gasteiger partial charge in [0.15, 0.2) is 11.9 Å². The van der Waals surface area contributed by atoms with Crippen LogP contribution in [0.3, 0.4) is 0 Å². The Balaban J connectivity index is 0.000001000. The molecule has 1 heterocycles. The Morgan fingerprint density at radius 2 is 2.18 bits per heavy atom. The molecule has 0 spiro atoms. The van der Waals surface area contributed by atoms with Crippen molar-refractivity contribution in [3.05, 3.63) is 34.8 Å². The van der Waals surface area contributed by atoms with E-state index in [1.165, 1.54) is 6.20 Å². The molecule has 0 aliphatic heterocycles. The van der Waals surface area contributed by atoms with E-state index in [0.29, 0.717) is 12.2 Å². The van der Waals surface area contributed by atoms with Crippen LogP contribution in [0.5, 0.6) is 0 Å². The first kappa shape index (κ1) is 10.2. The number of halogens is 1. The third-order valence-corrected chi connectivity index (χ3v) is 1.41. The van der Waals surface area contributed by atoms with Gasteiger partial charge in [-0.25, -0.2) is 0 Å². The number of nitrogens with zero attached hydrogens (tertiary/aromatic N) is 1. The van der Waals surface area contributed by atoms with Gasteiger partial charge in [0, 0.05) is 25.1 Å². The van der Waals surface area contributed by atoms with Gasteiger partial charge >= 0.3 is 0 Å². The van der Waals surface area contributed by atoms with E-state index in [-0.39, 0.29) is 12.4 Å². The molecule has 0 radical (unpaired) electrons. The van der Waals surface area contributed by atoms with E-state index in [1.54, 1.807) is 13.0 Å². The van der Waals surface area contributed by atoms with Gasteiger partial charge in [0.25, 0.3) is 0 Å². The van der Waals surface area contributed by atoms with E-state index >= 15 is 0 Å².